The van der Waals surface area contributed by atoms with Gasteiger partial charge in [0.05, 0.1) is 22.5 Å². The Kier molecular flexibility index (Phi) is 4.68. The van der Waals surface area contributed by atoms with Crippen molar-refractivity contribution < 1.29 is 4.39 Å². The Bertz CT molecular complexity index is 739. The SMILES string of the molecule is CSc1c(N2CCN(C)CC2)cnn(-c2ccc(F)cc2)c1=O. The minimum atomic E-state index is -0.332. The number of nitrogens with zero attached hydrogens (tertiary/aromatic N) is 4. The van der Waals surface area contributed by atoms with Gasteiger partial charge >= 0.3 is 0 Å². The van der Waals surface area contributed by atoms with Crippen LogP contribution in [0.15, 0.2) is 40.2 Å². The number of rotatable bonds is 3. The largest absolute Gasteiger partial charge is 0.367 e. The number of hydrogen-bond acceptors (Lipinski definition) is 5. The predicted molar refractivity (Wildman–Crippen MR) is 91.3 cm³/mol. The molecule has 0 atom stereocenters. The summed E-state index contributed by atoms with van der Waals surface area (Å²) in [6.45, 7) is 3.70. The first-order valence-corrected chi connectivity index (χ1v) is 8.68. The molecule has 0 spiro atoms. The van der Waals surface area contributed by atoms with Crippen molar-refractivity contribution >= 4 is 17.4 Å². The third kappa shape index (κ3) is 3.25. The van der Waals surface area contributed by atoms with Crippen LogP contribution in [0.5, 0.6) is 0 Å². The molecule has 23 heavy (non-hydrogen) atoms. The van der Waals surface area contributed by atoms with Gasteiger partial charge in [0.2, 0.25) is 0 Å². The van der Waals surface area contributed by atoms with E-state index >= 15 is 0 Å². The molecule has 5 nitrogen and oxygen atoms in total. The summed E-state index contributed by atoms with van der Waals surface area (Å²) in [7, 11) is 2.09. The van der Waals surface area contributed by atoms with Crippen molar-refractivity contribution in [1.29, 1.82) is 0 Å². The van der Waals surface area contributed by atoms with Crippen molar-refractivity contribution in [2.24, 2.45) is 0 Å². The molecule has 1 aromatic carbocycles. The molecule has 1 saturated heterocycles. The van der Waals surface area contributed by atoms with Gasteiger partial charge in [0.1, 0.15) is 5.82 Å². The zero-order valence-corrected chi connectivity index (χ0v) is 14.0. The van der Waals surface area contributed by atoms with E-state index < -0.39 is 0 Å². The molecule has 0 saturated carbocycles. The van der Waals surface area contributed by atoms with Gasteiger partial charge in [0.15, 0.2) is 0 Å². The van der Waals surface area contributed by atoms with Crippen molar-refractivity contribution in [2.75, 3.05) is 44.4 Å². The summed E-state index contributed by atoms with van der Waals surface area (Å²) < 4.78 is 14.4. The average Bonchev–Trinajstić information content (AvgIpc) is 2.56. The van der Waals surface area contributed by atoms with Crippen molar-refractivity contribution in [3.8, 4) is 5.69 Å². The van der Waals surface area contributed by atoms with Crippen LogP contribution >= 0.6 is 11.8 Å². The Balaban J connectivity index is 1.99. The Morgan fingerprint density at radius 3 is 2.39 bits per heavy atom. The quantitative estimate of drug-likeness (QED) is 0.801. The number of likely N-dealkylation sites (N-methyl/N-ethyl adjacent to an activating group) is 1. The van der Waals surface area contributed by atoms with Gasteiger partial charge in [-0.15, -0.1) is 11.8 Å². The smallest absolute Gasteiger partial charge is 0.287 e. The number of benzene rings is 1. The van der Waals surface area contributed by atoms with E-state index in [-0.39, 0.29) is 11.4 Å². The first-order chi connectivity index (χ1) is 11.1. The first kappa shape index (κ1) is 16.0. The van der Waals surface area contributed by atoms with E-state index in [4.69, 9.17) is 0 Å². The maximum Gasteiger partial charge on any atom is 0.287 e. The standard InChI is InChI=1S/C16H19FN4OS/c1-19-7-9-20(10-8-19)14-11-18-21(16(22)15(14)23-2)13-5-3-12(17)4-6-13/h3-6,11H,7-10H2,1-2H3. The molecular formula is C16H19FN4OS. The second-order valence-corrected chi connectivity index (χ2v) is 6.36. The summed E-state index contributed by atoms with van der Waals surface area (Å²) in [4.78, 5) is 17.9. The second kappa shape index (κ2) is 6.72. The molecule has 0 unspecified atom stereocenters. The summed E-state index contributed by atoms with van der Waals surface area (Å²) in [6, 6.07) is 5.78. The van der Waals surface area contributed by atoms with Gasteiger partial charge in [-0.05, 0) is 37.6 Å². The van der Waals surface area contributed by atoms with Crippen LogP contribution in [0.1, 0.15) is 0 Å². The van der Waals surface area contributed by atoms with E-state index in [9.17, 15) is 9.18 Å². The topological polar surface area (TPSA) is 41.4 Å². The fraction of sp³-hybridized carbons (Fsp3) is 0.375. The highest BCUT2D eigenvalue weighted by atomic mass is 32.2. The lowest BCUT2D eigenvalue weighted by Crippen LogP contribution is -2.45. The number of piperazine rings is 1. The monoisotopic (exact) mass is 334 g/mol. The van der Waals surface area contributed by atoms with Crippen molar-refractivity contribution in [3.63, 3.8) is 0 Å². The van der Waals surface area contributed by atoms with Gasteiger partial charge in [0, 0.05) is 26.2 Å². The van der Waals surface area contributed by atoms with Crippen LogP contribution in [0.3, 0.4) is 0 Å². The van der Waals surface area contributed by atoms with Gasteiger partial charge in [-0.25, -0.2) is 4.39 Å². The normalized spacial score (nSPS) is 15.9. The summed E-state index contributed by atoms with van der Waals surface area (Å²) in [5.41, 5.74) is 1.28. The molecule has 1 aliphatic heterocycles. The van der Waals surface area contributed by atoms with Crippen LogP contribution in [0.2, 0.25) is 0 Å². The summed E-state index contributed by atoms with van der Waals surface area (Å²) in [6.07, 6.45) is 3.63. The molecule has 2 aromatic rings. The molecule has 0 aliphatic carbocycles. The van der Waals surface area contributed by atoms with Gasteiger partial charge in [-0.3, -0.25) is 4.79 Å². The maximum absolute atomic E-state index is 13.1. The van der Waals surface area contributed by atoms with Crippen molar-refractivity contribution in [2.45, 2.75) is 4.90 Å². The van der Waals surface area contributed by atoms with E-state index in [0.29, 0.717) is 10.6 Å². The van der Waals surface area contributed by atoms with E-state index in [0.717, 1.165) is 31.9 Å². The van der Waals surface area contributed by atoms with Crippen LogP contribution in [-0.2, 0) is 0 Å². The van der Waals surface area contributed by atoms with Crippen LogP contribution in [0, 0.1) is 5.82 Å². The highest BCUT2D eigenvalue weighted by Crippen LogP contribution is 2.25. The van der Waals surface area contributed by atoms with Crippen molar-refractivity contribution in [1.82, 2.24) is 14.7 Å². The maximum atomic E-state index is 13.1. The van der Waals surface area contributed by atoms with Gasteiger partial charge in [-0.1, -0.05) is 0 Å². The molecular weight excluding hydrogens is 315 g/mol. The number of anilines is 1. The Labute approximate surface area is 138 Å². The molecule has 1 aliphatic rings. The Morgan fingerprint density at radius 1 is 1.13 bits per heavy atom. The van der Waals surface area contributed by atoms with E-state index in [1.54, 1.807) is 18.3 Å². The molecule has 3 rings (SSSR count). The average molecular weight is 334 g/mol. The molecule has 1 aromatic heterocycles. The highest BCUT2D eigenvalue weighted by molar-refractivity contribution is 7.98. The second-order valence-electron chi connectivity index (χ2n) is 5.55. The number of hydrogen-bond donors (Lipinski definition) is 0. The third-order valence-corrected chi connectivity index (χ3v) is 4.83. The Hall–Kier alpha value is -1.86. The predicted octanol–water partition coefficient (Wildman–Crippen LogP) is 1.85. The summed E-state index contributed by atoms with van der Waals surface area (Å²) >= 11 is 1.43. The highest BCUT2D eigenvalue weighted by Gasteiger charge is 2.20. The van der Waals surface area contributed by atoms with Crippen LogP contribution in [0.25, 0.3) is 5.69 Å². The molecule has 0 N–H and O–H groups in total. The molecule has 0 bridgehead atoms. The number of aromatic nitrogens is 2. The molecule has 1 fully saturated rings. The number of thioether (sulfide) groups is 1. The molecule has 122 valence electrons. The third-order valence-electron chi connectivity index (χ3n) is 4.03. The minimum Gasteiger partial charge on any atom is -0.367 e. The van der Waals surface area contributed by atoms with Crippen LogP contribution < -0.4 is 10.5 Å². The van der Waals surface area contributed by atoms with Gasteiger partial charge < -0.3 is 9.80 Å². The van der Waals surface area contributed by atoms with Gasteiger partial charge in [-0.2, -0.15) is 9.78 Å². The molecule has 2 heterocycles. The van der Waals surface area contributed by atoms with E-state index in [1.807, 2.05) is 6.26 Å². The molecule has 0 radical (unpaired) electrons. The minimum absolute atomic E-state index is 0.166. The number of halogens is 1. The molecule has 0 amide bonds. The molecule has 7 heteroatoms. The summed E-state index contributed by atoms with van der Waals surface area (Å²) in [5.74, 6) is -0.332. The first-order valence-electron chi connectivity index (χ1n) is 7.46. The van der Waals surface area contributed by atoms with Crippen molar-refractivity contribution in [3.05, 3.63) is 46.6 Å². The summed E-state index contributed by atoms with van der Waals surface area (Å²) in [5, 5.41) is 4.29. The fourth-order valence-electron chi connectivity index (χ4n) is 2.66. The lowest BCUT2D eigenvalue weighted by molar-refractivity contribution is 0.312. The van der Waals surface area contributed by atoms with Crippen LogP contribution in [-0.4, -0.2) is 54.2 Å². The lowest BCUT2D eigenvalue weighted by atomic mass is 10.3. The van der Waals surface area contributed by atoms with E-state index in [1.165, 1.54) is 28.6 Å². The zero-order chi connectivity index (χ0) is 16.4. The van der Waals surface area contributed by atoms with E-state index in [2.05, 4.69) is 21.9 Å². The zero-order valence-electron chi connectivity index (χ0n) is 13.2. The van der Waals surface area contributed by atoms with Crippen LogP contribution in [0.4, 0.5) is 10.1 Å². The fourth-order valence-corrected chi connectivity index (χ4v) is 3.31. The Morgan fingerprint density at radius 2 is 1.78 bits per heavy atom. The van der Waals surface area contributed by atoms with Gasteiger partial charge in [0.25, 0.3) is 5.56 Å². The lowest BCUT2D eigenvalue weighted by Gasteiger charge is -2.34.